The minimum atomic E-state index is -0.848. The van der Waals surface area contributed by atoms with Gasteiger partial charge in [-0.25, -0.2) is 0 Å². The topological polar surface area (TPSA) is 75.3 Å². The van der Waals surface area contributed by atoms with E-state index in [0.717, 1.165) is 13.0 Å². The quantitative estimate of drug-likeness (QED) is 0.653. The van der Waals surface area contributed by atoms with Gasteiger partial charge < -0.3 is 16.2 Å². The van der Waals surface area contributed by atoms with Crippen molar-refractivity contribution < 1.29 is 9.90 Å². The smallest absolute Gasteiger partial charge is 0.304 e. The average molecular weight is 264 g/mol. The van der Waals surface area contributed by atoms with Gasteiger partial charge in [0.1, 0.15) is 0 Å². The van der Waals surface area contributed by atoms with E-state index in [-0.39, 0.29) is 12.5 Å². The molecule has 4 heteroatoms. The third kappa shape index (κ3) is 5.01. The summed E-state index contributed by atoms with van der Waals surface area (Å²) < 4.78 is 0. The van der Waals surface area contributed by atoms with E-state index in [0.29, 0.717) is 6.54 Å². The number of nitrogens with two attached hydrogens (primary N) is 1. The van der Waals surface area contributed by atoms with Crippen molar-refractivity contribution >= 4 is 5.97 Å². The number of hydrogen-bond acceptors (Lipinski definition) is 3. The van der Waals surface area contributed by atoms with Gasteiger partial charge in [-0.2, -0.15) is 0 Å². The zero-order valence-corrected chi connectivity index (χ0v) is 12.0. The van der Waals surface area contributed by atoms with E-state index >= 15 is 0 Å². The molecule has 0 radical (unpaired) electrons. The molecule has 0 aliphatic heterocycles. The normalized spacial score (nSPS) is 12.4. The molecule has 4 N–H and O–H groups in total. The van der Waals surface area contributed by atoms with Gasteiger partial charge in [-0.15, -0.1) is 0 Å². The van der Waals surface area contributed by atoms with Crippen molar-refractivity contribution in [1.82, 2.24) is 5.32 Å². The Morgan fingerprint density at radius 1 is 1.32 bits per heavy atom. The lowest BCUT2D eigenvalue weighted by molar-refractivity contribution is -0.137. The molecule has 1 rings (SSSR count). The van der Waals surface area contributed by atoms with Crippen LogP contribution in [0.2, 0.25) is 0 Å². The van der Waals surface area contributed by atoms with Crippen LogP contribution in [0.15, 0.2) is 12.1 Å². The van der Waals surface area contributed by atoms with Crippen molar-refractivity contribution in [3.05, 3.63) is 34.4 Å². The lowest BCUT2D eigenvalue weighted by Gasteiger charge is -2.13. The molecule has 4 nitrogen and oxygen atoms in total. The van der Waals surface area contributed by atoms with E-state index in [4.69, 9.17) is 10.8 Å². The van der Waals surface area contributed by atoms with Gasteiger partial charge >= 0.3 is 5.97 Å². The molecule has 1 aromatic rings. The molecule has 1 atom stereocenters. The first kappa shape index (κ1) is 15.7. The van der Waals surface area contributed by atoms with Crippen molar-refractivity contribution in [2.24, 2.45) is 5.73 Å². The van der Waals surface area contributed by atoms with E-state index in [1.165, 1.54) is 22.3 Å². The van der Waals surface area contributed by atoms with Crippen molar-refractivity contribution in [2.75, 3.05) is 13.1 Å². The summed E-state index contributed by atoms with van der Waals surface area (Å²) in [5.74, 6) is -0.848. The highest BCUT2D eigenvalue weighted by atomic mass is 16.4. The molecule has 0 saturated heterocycles. The van der Waals surface area contributed by atoms with Crippen molar-refractivity contribution in [2.45, 2.75) is 39.7 Å². The molecule has 0 spiro atoms. The highest BCUT2D eigenvalue weighted by Crippen LogP contribution is 2.17. The van der Waals surface area contributed by atoms with Crippen LogP contribution in [0.25, 0.3) is 0 Å². The predicted octanol–water partition coefficient (Wildman–Crippen LogP) is 1.55. The van der Waals surface area contributed by atoms with Crippen molar-refractivity contribution in [3.63, 3.8) is 0 Å². The van der Waals surface area contributed by atoms with Crippen LogP contribution >= 0.6 is 0 Å². The summed E-state index contributed by atoms with van der Waals surface area (Å²) in [5.41, 5.74) is 11.0. The lowest BCUT2D eigenvalue weighted by atomic mass is 9.97. The number of carboxylic acids is 1. The van der Waals surface area contributed by atoms with Crippen LogP contribution in [0.4, 0.5) is 0 Å². The minimum Gasteiger partial charge on any atom is -0.481 e. The van der Waals surface area contributed by atoms with Crippen LogP contribution in [-0.2, 0) is 11.2 Å². The number of carbonyl (C=O) groups is 1. The number of carboxylic acid groups (broad SMARTS) is 1. The Hall–Kier alpha value is -1.39. The second-order valence-electron chi connectivity index (χ2n) is 5.10. The summed E-state index contributed by atoms with van der Waals surface area (Å²) in [6.07, 6.45) is 0.947. The predicted molar refractivity (Wildman–Crippen MR) is 77.5 cm³/mol. The highest BCUT2D eigenvalue weighted by Gasteiger charge is 2.07. The van der Waals surface area contributed by atoms with Gasteiger partial charge in [0.15, 0.2) is 0 Å². The van der Waals surface area contributed by atoms with E-state index in [1.807, 2.05) is 0 Å². The second-order valence-corrected chi connectivity index (χ2v) is 5.10. The fourth-order valence-corrected chi connectivity index (χ4v) is 2.09. The van der Waals surface area contributed by atoms with Gasteiger partial charge in [0, 0.05) is 12.6 Å². The third-order valence-corrected chi connectivity index (χ3v) is 3.58. The molecular formula is C15H24N2O2. The van der Waals surface area contributed by atoms with Crippen LogP contribution in [-0.4, -0.2) is 30.2 Å². The summed E-state index contributed by atoms with van der Waals surface area (Å²) in [5, 5.41) is 11.8. The Kier molecular flexibility index (Phi) is 5.99. The molecule has 0 aliphatic rings. The van der Waals surface area contributed by atoms with Crippen molar-refractivity contribution in [1.29, 1.82) is 0 Å². The van der Waals surface area contributed by atoms with Crippen LogP contribution in [0.5, 0.6) is 0 Å². The average Bonchev–Trinajstić information content (AvgIpc) is 2.33. The summed E-state index contributed by atoms with van der Waals surface area (Å²) in [6.45, 7) is 7.76. The number of nitrogens with one attached hydrogen (secondary N) is 1. The number of hydrogen-bond donors (Lipinski definition) is 3. The molecule has 0 amide bonds. The van der Waals surface area contributed by atoms with Gasteiger partial charge in [0.25, 0.3) is 0 Å². The fourth-order valence-electron chi connectivity index (χ4n) is 2.09. The minimum absolute atomic E-state index is 0.00959. The monoisotopic (exact) mass is 264 g/mol. The zero-order chi connectivity index (χ0) is 14.4. The molecule has 0 saturated carbocycles. The van der Waals surface area contributed by atoms with Gasteiger partial charge in [-0.05, 0) is 56.0 Å². The van der Waals surface area contributed by atoms with Crippen LogP contribution in [0, 0.1) is 20.8 Å². The van der Waals surface area contributed by atoms with E-state index in [2.05, 4.69) is 38.2 Å². The van der Waals surface area contributed by atoms with E-state index in [1.54, 1.807) is 0 Å². The summed E-state index contributed by atoms with van der Waals surface area (Å²) >= 11 is 0. The van der Waals surface area contributed by atoms with Crippen LogP contribution in [0.3, 0.4) is 0 Å². The summed E-state index contributed by atoms with van der Waals surface area (Å²) in [4.78, 5) is 10.5. The first-order chi connectivity index (χ1) is 8.91. The number of rotatable bonds is 7. The van der Waals surface area contributed by atoms with Gasteiger partial charge in [0.05, 0.1) is 6.42 Å². The Labute approximate surface area is 115 Å². The number of benzene rings is 1. The standard InChI is InChI=1S/C15H24N2O2/c1-10-4-5-13(12(3)11(10)2)6-7-17-9-14(16)8-15(18)19/h4-5,14,17H,6-9,16H2,1-3H3,(H,18,19). The summed E-state index contributed by atoms with van der Waals surface area (Å²) in [7, 11) is 0. The molecule has 1 aromatic carbocycles. The maximum atomic E-state index is 10.5. The molecule has 1 unspecified atom stereocenters. The largest absolute Gasteiger partial charge is 0.481 e. The Balaban J connectivity index is 2.38. The SMILES string of the molecule is Cc1ccc(CCNCC(N)CC(=O)O)c(C)c1C. The second kappa shape index (κ2) is 7.26. The van der Waals surface area contributed by atoms with Gasteiger partial charge in [-0.1, -0.05) is 12.1 Å². The first-order valence-electron chi connectivity index (χ1n) is 6.65. The summed E-state index contributed by atoms with van der Waals surface area (Å²) in [6, 6.07) is 3.99. The van der Waals surface area contributed by atoms with Gasteiger partial charge in [0.2, 0.25) is 0 Å². The Bertz CT molecular complexity index is 444. The third-order valence-electron chi connectivity index (χ3n) is 3.58. The van der Waals surface area contributed by atoms with E-state index in [9.17, 15) is 4.79 Å². The first-order valence-corrected chi connectivity index (χ1v) is 6.65. The zero-order valence-electron chi connectivity index (χ0n) is 12.0. The molecule has 0 fully saturated rings. The molecule has 0 heterocycles. The number of aliphatic carboxylic acids is 1. The Morgan fingerprint density at radius 2 is 2.00 bits per heavy atom. The molecule has 19 heavy (non-hydrogen) atoms. The molecule has 106 valence electrons. The van der Waals surface area contributed by atoms with Crippen LogP contribution < -0.4 is 11.1 Å². The highest BCUT2D eigenvalue weighted by molar-refractivity contribution is 5.67. The van der Waals surface area contributed by atoms with Crippen molar-refractivity contribution in [3.8, 4) is 0 Å². The number of aryl methyl sites for hydroxylation is 1. The maximum absolute atomic E-state index is 10.5. The van der Waals surface area contributed by atoms with E-state index < -0.39 is 5.97 Å². The molecular weight excluding hydrogens is 240 g/mol. The van der Waals surface area contributed by atoms with Gasteiger partial charge in [-0.3, -0.25) is 4.79 Å². The lowest BCUT2D eigenvalue weighted by Crippen LogP contribution is -2.36. The Morgan fingerprint density at radius 3 is 2.63 bits per heavy atom. The fraction of sp³-hybridized carbons (Fsp3) is 0.533. The molecule has 0 aromatic heterocycles. The maximum Gasteiger partial charge on any atom is 0.304 e. The molecule has 0 bridgehead atoms. The van der Waals surface area contributed by atoms with Crippen LogP contribution in [0.1, 0.15) is 28.7 Å². The molecule has 0 aliphatic carbocycles.